The van der Waals surface area contributed by atoms with Crippen molar-refractivity contribution in [2.45, 2.75) is 12.0 Å². The summed E-state index contributed by atoms with van der Waals surface area (Å²) in [4.78, 5) is 0. The lowest BCUT2D eigenvalue weighted by Crippen LogP contribution is -2.46. The Labute approximate surface area is 124 Å². The molecule has 0 amide bonds. The molecule has 0 aromatic heterocycles. The largest absolute Gasteiger partial charge is 0.491 e. The number of ether oxygens (including phenoxy) is 1. The van der Waals surface area contributed by atoms with Crippen LogP contribution in [0.2, 0.25) is 0 Å². The molecule has 0 fully saturated rings. The van der Waals surface area contributed by atoms with Crippen molar-refractivity contribution in [1.82, 2.24) is 0 Å². The Kier molecular flexibility index (Phi) is 5.33. The molecule has 2 aromatic carbocycles. The molecule has 21 heavy (non-hydrogen) atoms. The van der Waals surface area contributed by atoms with Gasteiger partial charge in [0.25, 0.3) is 0 Å². The standard InChI is InChI=1S/C17H21NO3/c18-17(12-20,15-4-2-1-3-5-15)13-21-16-8-6-14(7-9-16)10-11-19/h1-9,19-20H,10-13,18H2. The quantitative estimate of drug-likeness (QED) is 0.720. The first-order valence-corrected chi connectivity index (χ1v) is 6.96. The molecule has 0 spiro atoms. The van der Waals surface area contributed by atoms with E-state index in [0.717, 1.165) is 11.1 Å². The van der Waals surface area contributed by atoms with Crippen LogP contribution in [0, 0.1) is 0 Å². The van der Waals surface area contributed by atoms with Gasteiger partial charge >= 0.3 is 0 Å². The van der Waals surface area contributed by atoms with Gasteiger partial charge in [0.05, 0.1) is 12.1 Å². The summed E-state index contributed by atoms with van der Waals surface area (Å²) in [7, 11) is 0. The van der Waals surface area contributed by atoms with Gasteiger partial charge in [-0.05, 0) is 29.7 Å². The molecule has 0 radical (unpaired) electrons. The molecule has 4 N–H and O–H groups in total. The number of hydrogen-bond acceptors (Lipinski definition) is 4. The van der Waals surface area contributed by atoms with Gasteiger partial charge in [-0.3, -0.25) is 0 Å². The summed E-state index contributed by atoms with van der Waals surface area (Å²) in [5.41, 5.74) is 7.20. The Morgan fingerprint density at radius 3 is 2.19 bits per heavy atom. The fourth-order valence-electron chi connectivity index (χ4n) is 2.08. The van der Waals surface area contributed by atoms with Gasteiger partial charge in [0.15, 0.2) is 0 Å². The molecule has 0 aliphatic rings. The van der Waals surface area contributed by atoms with Crippen LogP contribution in [0.4, 0.5) is 0 Å². The van der Waals surface area contributed by atoms with Crippen molar-refractivity contribution in [2.24, 2.45) is 5.73 Å². The zero-order chi connectivity index (χ0) is 15.1. The summed E-state index contributed by atoms with van der Waals surface area (Å²) in [5, 5.41) is 18.5. The van der Waals surface area contributed by atoms with E-state index in [1.54, 1.807) is 0 Å². The van der Waals surface area contributed by atoms with Gasteiger partial charge in [-0.2, -0.15) is 0 Å². The van der Waals surface area contributed by atoms with Crippen LogP contribution < -0.4 is 10.5 Å². The van der Waals surface area contributed by atoms with E-state index in [1.165, 1.54) is 0 Å². The number of nitrogens with two attached hydrogens (primary N) is 1. The van der Waals surface area contributed by atoms with E-state index in [2.05, 4.69) is 0 Å². The van der Waals surface area contributed by atoms with Crippen LogP contribution in [0.15, 0.2) is 54.6 Å². The second-order valence-corrected chi connectivity index (χ2v) is 5.09. The van der Waals surface area contributed by atoms with Crippen LogP contribution >= 0.6 is 0 Å². The van der Waals surface area contributed by atoms with E-state index >= 15 is 0 Å². The van der Waals surface area contributed by atoms with Crippen LogP contribution in [0.1, 0.15) is 11.1 Å². The Morgan fingerprint density at radius 2 is 1.62 bits per heavy atom. The summed E-state index contributed by atoms with van der Waals surface area (Å²) < 4.78 is 5.70. The van der Waals surface area contributed by atoms with Crippen molar-refractivity contribution in [1.29, 1.82) is 0 Å². The third-order valence-electron chi connectivity index (χ3n) is 3.45. The molecule has 0 saturated heterocycles. The summed E-state index contributed by atoms with van der Waals surface area (Å²) in [6, 6.07) is 16.9. The van der Waals surface area contributed by atoms with Gasteiger partial charge in [0.1, 0.15) is 12.4 Å². The van der Waals surface area contributed by atoms with Crippen molar-refractivity contribution in [2.75, 3.05) is 19.8 Å². The van der Waals surface area contributed by atoms with Crippen molar-refractivity contribution >= 4 is 0 Å². The fraction of sp³-hybridized carbons (Fsp3) is 0.294. The SMILES string of the molecule is NC(CO)(COc1ccc(CCO)cc1)c1ccccc1. The lowest BCUT2D eigenvalue weighted by atomic mass is 9.93. The second kappa shape index (κ2) is 7.22. The molecule has 4 nitrogen and oxygen atoms in total. The molecule has 4 heteroatoms. The minimum absolute atomic E-state index is 0.130. The molecule has 112 valence electrons. The molecular weight excluding hydrogens is 266 g/mol. The van der Waals surface area contributed by atoms with E-state index < -0.39 is 5.54 Å². The Balaban J connectivity index is 2.03. The number of aliphatic hydroxyl groups excluding tert-OH is 2. The molecule has 1 unspecified atom stereocenters. The van der Waals surface area contributed by atoms with Crippen LogP contribution in [0.25, 0.3) is 0 Å². The molecule has 0 bridgehead atoms. The molecule has 0 aliphatic heterocycles. The molecule has 0 aliphatic carbocycles. The number of aliphatic hydroxyl groups is 2. The highest BCUT2D eigenvalue weighted by atomic mass is 16.5. The van der Waals surface area contributed by atoms with Crippen LogP contribution in [-0.4, -0.2) is 30.0 Å². The first kappa shape index (κ1) is 15.5. The van der Waals surface area contributed by atoms with E-state index in [1.807, 2.05) is 54.6 Å². The van der Waals surface area contributed by atoms with Crippen molar-refractivity contribution in [3.05, 3.63) is 65.7 Å². The maximum Gasteiger partial charge on any atom is 0.119 e. The van der Waals surface area contributed by atoms with Gasteiger partial charge < -0.3 is 20.7 Å². The third kappa shape index (κ3) is 4.04. The highest BCUT2D eigenvalue weighted by Gasteiger charge is 2.27. The Morgan fingerprint density at radius 1 is 0.952 bits per heavy atom. The van der Waals surface area contributed by atoms with Gasteiger partial charge in [0.2, 0.25) is 0 Å². The lowest BCUT2D eigenvalue weighted by molar-refractivity contribution is 0.133. The van der Waals surface area contributed by atoms with Crippen molar-refractivity contribution in [3.8, 4) is 5.75 Å². The predicted octanol–water partition coefficient (Wildman–Crippen LogP) is 1.45. The monoisotopic (exact) mass is 287 g/mol. The molecule has 1 atom stereocenters. The smallest absolute Gasteiger partial charge is 0.119 e. The average Bonchev–Trinajstić information content (AvgIpc) is 2.55. The number of hydrogen-bond donors (Lipinski definition) is 3. The predicted molar refractivity (Wildman–Crippen MR) is 82.1 cm³/mol. The topological polar surface area (TPSA) is 75.7 Å². The maximum absolute atomic E-state index is 9.60. The van der Waals surface area contributed by atoms with Crippen LogP contribution in [0.5, 0.6) is 5.75 Å². The third-order valence-corrected chi connectivity index (χ3v) is 3.45. The zero-order valence-electron chi connectivity index (χ0n) is 11.9. The van der Waals surface area contributed by atoms with E-state index in [-0.39, 0.29) is 19.8 Å². The Bertz CT molecular complexity index is 542. The summed E-state index contributed by atoms with van der Waals surface area (Å²) >= 11 is 0. The van der Waals surface area contributed by atoms with Gasteiger partial charge in [-0.25, -0.2) is 0 Å². The minimum Gasteiger partial charge on any atom is -0.491 e. The molecular formula is C17H21NO3. The molecule has 2 rings (SSSR count). The highest BCUT2D eigenvalue weighted by Crippen LogP contribution is 2.20. The summed E-state index contributed by atoms with van der Waals surface area (Å²) in [6.45, 7) is 0.122. The van der Waals surface area contributed by atoms with Crippen LogP contribution in [-0.2, 0) is 12.0 Å². The maximum atomic E-state index is 9.60. The van der Waals surface area contributed by atoms with E-state index in [4.69, 9.17) is 15.6 Å². The average molecular weight is 287 g/mol. The van der Waals surface area contributed by atoms with Crippen LogP contribution in [0.3, 0.4) is 0 Å². The first-order valence-electron chi connectivity index (χ1n) is 6.96. The van der Waals surface area contributed by atoms with Gasteiger partial charge in [0, 0.05) is 6.61 Å². The highest BCUT2D eigenvalue weighted by molar-refractivity contribution is 5.29. The fourth-order valence-corrected chi connectivity index (χ4v) is 2.08. The zero-order valence-corrected chi connectivity index (χ0v) is 11.9. The lowest BCUT2D eigenvalue weighted by Gasteiger charge is -2.27. The van der Waals surface area contributed by atoms with Gasteiger partial charge in [-0.15, -0.1) is 0 Å². The normalized spacial score (nSPS) is 13.7. The minimum atomic E-state index is -0.926. The molecule has 2 aromatic rings. The Hall–Kier alpha value is -1.88. The van der Waals surface area contributed by atoms with E-state index in [0.29, 0.717) is 12.2 Å². The number of benzene rings is 2. The van der Waals surface area contributed by atoms with Crippen molar-refractivity contribution in [3.63, 3.8) is 0 Å². The summed E-state index contributed by atoms with van der Waals surface area (Å²) in [6.07, 6.45) is 0.627. The van der Waals surface area contributed by atoms with Gasteiger partial charge in [-0.1, -0.05) is 42.5 Å². The first-order chi connectivity index (χ1) is 10.2. The van der Waals surface area contributed by atoms with E-state index in [9.17, 15) is 5.11 Å². The second-order valence-electron chi connectivity index (χ2n) is 5.09. The number of rotatable bonds is 7. The molecule has 0 heterocycles. The van der Waals surface area contributed by atoms with Crippen molar-refractivity contribution < 1.29 is 14.9 Å². The molecule has 0 saturated carbocycles. The summed E-state index contributed by atoms with van der Waals surface area (Å²) in [5.74, 6) is 0.691.